The normalized spacial score (nSPS) is 15.4. The molecule has 0 saturated heterocycles. The Bertz CT molecular complexity index is 3110. The third-order valence-electron chi connectivity index (χ3n) is 17.1. The largest absolute Gasteiger partial charge is 0.481 e. The van der Waals surface area contributed by atoms with Gasteiger partial charge in [-0.15, -0.1) is 0 Å². The molecule has 39 heteroatoms. The molecule has 0 aliphatic heterocycles. The molecule has 1 aliphatic rings. The third-order valence-corrected chi connectivity index (χ3v) is 17.5. The zero-order valence-electron chi connectivity index (χ0n) is 60.1. The molecule has 1 aliphatic carbocycles. The summed E-state index contributed by atoms with van der Waals surface area (Å²) < 4.78 is 0. The van der Waals surface area contributed by atoms with Crippen LogP contribution >= 0.6 is 12.6 Å². The molecule has 2 rings (SSSR count). The molecular weight excluding hydrogens is 1370 g/mol. The van der Waals surface area contributed by atoms with Crippen LogP contribution in [0.3, 0.4) is 0 Å². The van der Waals surface area contributed by atoms with Gasteiger partial charge in [-0.2, -0.15) is 12.6 Å². The molecule has 1 aromatic rings. The first kappa shape index (κ1) is 90.0. The molecule has 1 fully saturated rings. The molecule has 0 spiro atoms. The molecule has 0 unspecified atom stereocenters. The number of carboxylic acids is 1. The highest BCUT2D eigenvalue weighted by atomic mass is 32.1. The number of nitrogens with two attached hydrogens (primary N) is 9. The second kappa shape index (κ2) is 48.7. The second-order valence-corrected chi connectivity index (χ2v) is 25.8. The number of carbonyl (C=O) groups is 13. The van der Waals surface area contributed by atoms with E-state index in [1.165, 1.54) is 6.92 Å². The average molecular weight is 1490 g/mol. The first-order valence-electron chi connectivity index (χ1n) is 34.8. The fourth-order valence-corrected chi connectivity index (χ4v) is 11.2. The summed E-state index contributed by atoms with van der Waals surface area (Å²) in [6, 6.07) is -4.93. The zero-order chi connectivity index (χ0) is 78.0. The van der Waals surface area contributed by atoms with Crippen molar-refractivity contribution < 1.29 is 67.4 Å². The number of carboxylic acid groups (broad SMARTS) is 1. The molecule has 38 nitrogen and oxygen atoms in total. The summed E-state index contributed by atoms with van der Waals surface area (Å²) in [4.78, 5) is 196. The molecule has 12 atom stereocenters. The number of hydrogen-bond acceptors (Lipinski definition) is 19. The number of amides is 11. The predicted molar refractivity (Wildman–Crippen MR) is 393 cm³/mol. The number of rotatable bonds is 49. The van der Waals surface area contributed by atoms with Crippen LogP contribution in [0.2, 0.25) is 0 Å². The van der Waals surface area contributed by atoms with Crippen LogP contribution in [0.5, 0.6) is 0 Å². The standard InChI is InChI=1S/C65H112N24O14S/c1-6-36(3)51(87-55(97)43(24-16-28-77-64(71)72)82-49(92)33-79-48(91)32-80-53(95)38(5)81-58(100)47(35-104)86-54(96)42(66)23-15-27-76-63(69)70)59(101)84-45(31-50(93)94)57(99)83-44(25-17-29-78-65(73)74)56(98)88-52(37(4)7-2)60(102)85-46(30-39-18-10-8-11-19-39)61(103)89(40-20-12-9-13-21-40)41(34-90)22-14-26-75-62(67)68/h8,10-11,18-19,34,36-38,40-47,51-52,104H,6-7,9,12-17,20-33,35,66H2,1-5H3,(H,79,91)(H,80,95)(H,81,100)(H,82,92)(H,83,99)(H,84,101)(H,85,102)(H,86,96)(H,87,97)(H,88,98)(H,93,94)(H4,67,68,75)(H4,69,70,76)(H4,71,72,77)(H4,73,74,78)/t36-,37-,38-,41-,42-,43-,44-,45-,46-,47-,51-,52-/m0/s1. The average Bonchev–Trinajstić information content (AvgIpc) is 0.823. The Morgan fingerprint density at radius 2 is 0.952 bits per heavy atom. The molecule has 1 aromatic carbocycles. The maximum absolute atomic E-state index is 15.2. The Balaban J connectivity index is 2.41. The first-order valence-corrected chi connectivity index (χ1v) is 35.5. The van der Waals surface area contributed by atoms with Gasteiger partial charge in [0, 0.05) is 44.4 Å². The second-order valence-electron chi connectivity index (χ2n) is 25.4. The van der Waals surface area contributed by atoms with Gasteiger partial charge in [0.2, 0.25) is 65.0 Å². The maximum Gasteiger partial charge on any atom is 0.305 e. The highest BCUT2D eigenvalue weighted by molar-refractivity contribution is 7.80. The highest BCUT2D eigenvalue weighted by Crippen LogP contribution is 2.27. The Labute approximate surface area is 611 Å². The molecule has 0 radical (unpaired) electrons. The number of nitrogens with zero attached hydrogens (tertiary/aromatic N) is 5. The monoisotopic (exact) mass is 1480 g/mol. The van der Waals surface area contributed by atoms with E-state index in [1.54, 1.807) is 62.9 Å². The van der Waals surface area contributed by atoms with Crippen molar-refractivity contribution in [1.29, 1.82) is 0 Å². The summed E-state index contributed by atoms with van der Waals surface area (Å²) in [5.41, 5.74) is 50.5. The lowest BCUT2D eigenvalue weighted by Crippen LogP contribution is -2.62. The summed E-state index contributed by atoms with van der Waals surface area (Å²) >= 11 is 4.12. The minimum atomic E-state index is -1.93. The van der Waals surface area contributed by atoms with Gasteiger partial charge in [0.25, 0.3) is 0 Å². The number of aliphatic carboxylic acids is 1. The number of hydrogen-bond donors (Lipinski definition) is 21. The number of nitrogens with one attached hydrogen (secondary N) is 10. The number of carbonyl (C=O) groups excluding carboxylic acids is 12. The summed E-state index contributed by atoms with van der Waals surface area (Å²) in [6.45, 7) is 6.90. The summed E-state index contributed by atoms with van der Waals surface area (Å²) in [5, 5.41) is 35.3. The van der Waals surface area contributed by atoms with Crippen molar-refractivity contribution in [2.24, 2.45) is 83.4 Å². The molecular formula is C65H112N24O14S. The molecule has 582 valence electrons. The van der Waals surface area contributed by atoms with Crippen molar-refractivity contribution in [1.82, 2.24) is 58.1 Å². The quantitative estimate of drug-likeness (QED) is 0.00950. The first-order chi connectivity index (χ1) is 49.3. The number of aldehydes is 1. The Hall–Kier alpha value is -10.1. The van der Waals surface area contributed by atoms with Crippen LogP contribution in [-0.4, -0.2) is 223 Å². The molecule has 0 heterocycles. The molecule has 0 aromatic heterocycles. The van der Waals surface area contributed by atoms with Gasteiger partial charge >= 0.3 is 5.97 Å². The van der Waals surface area contributed by atoms with Gasteiger partial charge in [-0.25, -0.2) is 0 Å². The van der Waals surface area contributed by atoms with Crippen LogP contribution in [0.1, 0.15) is 143 Å². The fourth-order valence-electron chi connectivity index (χ4n) is 10.9. The van der Waals surface area contributed by atoms with E-state index in [-0.39, 0.29) is 113 Å². The van der Waals surface area contributed by atoms with Crippen molar-refractivity contribution in [3.8, 4) is 0 Å². The summed E-state index contributed by atoms with van der Waals surface area (Å²) in [7, 11) is 0. The van der Waals surface area contributed by atoms with Crippen LogP contribution in [0.15, 0.2) is 50.3 Å². The van der Waals surface area contributed by atoms with Crippen LogP contribution in [0.25, 0.3) is 0 Å². The zero-order valence-corrected chi connectivity index (χ0v) is 61.0. The van der Waals surface area contributed by atoms with E-state index in [4.69, 9.17) is 51.6 Å². The van der Waals surface area contributed by atoms with E-state index in [9.17, 15) is 62.6 Å². The summed E-state index contributed by atoms with van der Waals surface area (Å²) in [6.07, 6.45) is 4.78. The molecule has 29 N–H and O–H groups in total. The lowest BCUT2D eigenvalue weighted by molar-refractivity contribution is -0.144. The van der Waals surface area contributed by atoms with Gasteiger partial charge < -0.3 is 120 Å². The summed E-state index contributed by atoms with van der Waals surface area (Å²) in [5.74, 6) is -13.4. The smallest absolute Gasteiger partial charge is 0.305 e. The van der Waals surface area contributed by atoms with Crippen molar-refractivity contribution in [3.05, 3.63) is 35.9 Å². The number of thiol groups is 1. The lowest BCUT2D eigenvalue weighted by Gasteiger charge is -2.40. The molecule has 11 amide bonds. The number of guanidine groups is 4. The van der Waals surface area contributed by atoms with Crippen LogP contribution < -0.4 is 105 Å². The Morgan fingerprint density at radius 1 is 0.519 bits per heavy atom. The van der Waals surface area contributed by atoms with E-state index in [1.807, 2.05) is 0 Å². The van der Waals surface area contributed by atoms with Gasteiger partial charge in [-0.05, 0) is 88.5 Å². The van der Waals surface area contributed by atoms with Crippen LogP contribution in [-0.2, 0) is 68.7 Å². The minimum Gasteiger partial charge on any atom is -0.481 e. The molecule has 104 heavy (non-hydrogen) atoms. The fraction of sp³-hybridized carbons (Fsp3) is 0.646. The van der Waals surface area contributed by atoms with E-state index < -0.39 is 163 Å². The van der Waals surface area contributed by atoms with Crippen molar-refractivity contribution in [2.45, 2.75) is 210 Å². The Morgan fingerprint density at radius 3 is 1.42 bits per heavy atom. The van der Waals surface area contributed by atoms with Gasteiger partial charge in [0.1, 0.15) is 54.6 Å². The van der Waals surface area contributed by atoms with E-state index in [0.29, 0.717) is 44.0 Å². The highest BCUT2D eigenvalue weighted by Gasteiger charge is 2.40. The van der Waals surface area contributed by atoms with Gasteiger partial charge in [0.05, 0.1) is 31.6 Å². The SMILES string of the molecule is CC[C@H](C)[C@H](NC(=O)[C@H](CCCN=C(N)N)NC(=O)CNC(=O)CNC(=O)[C@H](C)NC(=O)[C@H](CS)NC(=O)[C@@H](N)CCCN=C(N)N)C(=O)N[C@@H](CC(=O)O)C(=O)N[C@@H](CCCN=C(N)N)C(=O)N[C@H](C(=O)N[C@@H](Cc1ccccc1)C(=O)N(C1CCCCC1)[C@H](C=O)CCCN=C(N)N)[C@@H](C)CC. The minimum absolute atomic E-state index is 0.0102. The van der Waals surface area contributed by atoms with E-state index in [0.717, 1.165) is 19.3 Å². The van der Waals surface area contributed by atoms with Crippen LogP contribution in [0.4, 0.5) is 0 Å². The van der Waals surface area contributed by atoms with E-state index in [2.05, 4.69) is 85.8 Å². The van der Waals surface area contributed by atoms with Crippen LogP contribution in [0, 0.1) is 11.8 Å². The third kappa shape index (κ3) is 34.7. The topological polar surface area (TPSA) is 649 Å². The van der Waals surface area contributed by atoms with E-state index >= 15 is 4.79 Å². The van der Waals surface area contributed by atoms with Crippen molar-refractivity contribution in [3.63, 3.8) is 0 Å². The number of aliphatic imine (C=N–C) groups is 4. The van der Waals surface area contributed by atoms with Gasteiger partial charge in [-0.3, -0.25) is 77.5 Å². The van der Waals surface area contributed by atoms with Crippen molar-refractivity contribution in [2.75, 3.05) is 45.0 Å². The molecule has 0 bridgehead atoms. The lowest BCUT2D eigenvalue weighted by atomic mass is 9.91. The Kier molecular flexibility index (Phi) is 42.2. The van der Waals surface area contributed by atoms with Crippen molar-refractivity contribution >= 4 is 114 Å². The maximum atomic E-state index is 15.2. The number of benzene rings is 1. The molecule has 1 saturated carbocycles. The van der Waals surface area contributed by atoms with Gasteiger partial charge in [0.15, 0.2) is 23.8 Å². The van der Waals surface area contributed by atoms with Gasteiger partial charge in [-0.1, -0.05) is 90.1 Å². The predicted octanol–water partition coefficient (Wildman–Crippen LogP) is -5.87.